The number of ether oxygens (including phenoxy) is 1. The Morgan fingerprint density at radius 3 is 2.54 bits per heavy atom. The molecular weight excluding hydrogens is 352 g/mol. The number of anilines is 2. The molecule has 3 rings (SSSR count). The van der Waals surface area contributed by atoms with Crippen molar-refractivity contribution in [2.24, 2.45) is 0 Å². The van der Waals surface area contributed by atoms with Gasteiger partial charge >= 0.3 is 0 Å². The Labute approximate surface area is 166 Å². The van der Waals surface area contributed by atoms with Crippen LogP contribution in [0.3, 0.4) is 0 Å². The number of hydrogen-bond donors (Lipinski definition) is 1. The molecule has 5 nitrogen and oxygen atoms in total. The molecule has 0 fully saturated rings. The van der Waals surface area contributed by atoms with Crippen molar-refractivity contribution < 1.29 is 14.3 Å². The van der Waals surface area contributed by atoms with Crippen LogP contribution in [-0.2, 0) is 16.0 Å². The summed E-state index contributed by atoms with van der Waals surface area (Å²) in [6.45, 7) is 7.50. The molecule has 1 N–H and O–H groups in total. The minimum atomic E-state index is -1.01. The third-order valence-corrected chi connectivity index (χ3v) is 4.89. The number of fused-ring (bicyclic) bond motifs is 1. The average Bonchev–Trinajstić information content (AvgIpc) is 2.65. The van der Waals surface area contributed by atoms with Gasteiger partial charge in [-0.15, -0.1) is 0 Å². The SMILES string of the molecule is CCCCc1ccc(NC(=O)CN2C(=O)C(C)(C)Oc3ccc(C)cc32)cc1. The molecule has 5 heteroatoms. The van der Waals surface area contributed by atoms with Crippen molar-refractivity contribution in [1.82, 2.24) is 0 Å². The van der Waals surface area contributed by atoms with Crippen molar-refractivity contribution in [1.29, 1.82) is 0 Å². The Hall–Kier alpha value is -2.82. The van der Waals surface area contributed by atoms with E-state index >= 15 is 0 Å². The highest BCUT2D eigenvalue weighted by Gasteiger charge is 2.41. The molecule has 0 aromatic heterocycles. The summed E-state index contributed by atoms with van der Waals surface area (Å²) in [6, 6.07) is 13.5. The first-order valence-corrected chi connectivity index (χ1v) is 9.80. The van der Waals surface area contributed by atoms with Crippen molar-refractivity contribution in [3.8, 4) is 5.75 Å². The largest absolute Gasteiger partial charge is 0.476 e. The van der Waals surface area contributed by atoms with Crippen molar-refractivity contribution in [2.45, 2.75) is 52.6 Å². The Bertz CT molecular complexity index is 872. The predicted octanol–water partition coefficient (Wildman–Crippen LogP) is 4.48. The highest BCUT2D eigenvalue weighted by atomic mass is 16.5. The molecule has 0 unspecified atom stereocenters. The number of amides is 2. The topological polar surface area (TPSA) is 58.6 Å². The van der Waals surface area contributed by atoms with Crippen LogP contribution in [0.1, 0.15) is 44.7 Å². The molecule has 2 aromatic carbocycles. The zero-order valence-electron chi connectivity index (χ0n) is 17.0. The lowest BCUT2D eigenvalue weighted by atomic mass is 10.0. The van der Waals surface area contributed by atoms with E-state index in [9.17, 15) is 9.59 Å². The van der Waals surface area contributed by atoms with Crippen molar-refractivity contribution in [2.75, 3.05) is 16.8 Å². The van der Waals surface area contributed by atoms with Crippen LogP contribution < -0.4 is 15.0 Å². The summed E-state index contributed by atoms with van der Waals surface area (Å²) >= 11 is 0. The van der Waals surface area contributed by atoms with Crippen LogP contribution >= 0.6 is 0 Å². The Morgan fingerprint density at radius 2 is 1.86 bits per heavy atom. The maximum atomic E-state index is 12.9. The lowest BCUT2D eigenvalue weighted by Crippen LogP contribution is -2.54. The summed E-state index contributed by atoms with van der Waals surface area (Å²) < 4.78 is 5.84. The van der Waals surface area contributed by atoms with Gasteiger partial charge in [0.2, 0.25) is 5.91 Å². The summed E-state index contributed by atoms with van der Waals surface area (Å²) in [5, 5.41) is 2.89. The van der Waals surface area contributed by atoms with Gasteiger partial charge in [0.25, 0.3) is 5.91 Å². The van der Waals surface area contributed by atoms with Crippen molar-refractivity contribution in [3.63, 3.8) is 0 Å². The molecule has 0 atom stereocenters. The smallest absolute Gasteiger partial charge is 0.271 e. The zero-order chi connectivity index (χ0) is 20.3. The summed E-state index contributed by atoms with van der Waals surface area (Å²) in [5.74, 6) is 0.152. The van der Waals surface area contributed by atoms with Gasteiger partial charge in [0.1, 0.15) is 12.3 Å². The highest BCUT2D eigenvalue weighted by molar-refractivity contribution is 6.07. The number of carbonyl (C=O) groups is 2. The normalized spacial score (nSPS) is 15.0. The third-order valence-electron chi connectivity index (χ3n) is 4.89. The van der Waals surface area contributed by atoms with Crippen LogP contribution in [0.25, 0.3) is 0 Å². The molecule has 0 spiro atoms. The number of hydrogen-bond acceptors (Lipinski definition) is 3. The van der Waals surface area contributed by atoms with E-state index in [1.165, 1.54) is 10.5 Å². The average molecular weight is 380 g/mol. The standard InChI is InChI=1S/C23H28N2O3/c1-5-6-7-17-9-11-18(12-10-17)24-21(26)15-25-19-14-16(2)8-13-20(19)28-23(3,4)22(25)27/h8-14H,5-7,15H2,1-4H3,(H,24,26). The van der Waals surface area contributed by atoms with Gasteiger partial charge in [0.15, 0.2) is 5.60 Å². The molecule has 148 valence electrons. The number of rotatable bonds is 6. The van der Waals surface area contributed by atoms with Crippen molar-refractivity contribution >= 4 is 23.2 Å². The van der Waals surface area contributed by atoms with Gasteiger partial charge in [-0.3, -0.25) is 14.5 Å². The molecule has 1 aliphatic rings. The number of nitrogens with zero attached hydrogens (tertiary/aromatic N) is 1. The predicted molar refractivity (Wildman–Crippen MR) is 112 cm³/mol. The van der Waals surface area contributed by atoms with Gasteiger partial charge in [-0.2, -0.15) is 0 Å². The Balaban J connectivity index is 1.74. The molecule has 1 heterocycles. The van der Waals surface area contributed by atoms with Crippen LogP contribution in [0.5, 0.6) is 5.75 Å². The summed E-state index contributed by atoms with van der Waals surface area (Å²) in [6.07, 6.45) is 3.35. The van der Waals surface area contributed by atoms with Crippen LogP contribution in [0, 0.1) is 6.92 Å². The Kier molecular flexibility index (Phi) is 5.73. The maximum absolute atomic E-state index is 12.9. The fourth-order valence-electron chi connectivity index (χ4n) is 3.31. The summed E-state index contributed by atoms with van der Waals surface area (Å²) in [7, 11) is 0. The summed E-state index contributed by atoms with van der Waals surface area (Å²) in [4.78, 5) is 27.0. The molecule has 28 heavy (non-hydrogen) atoms. The highest BCUT2D eigenvalue weighted by Crippen LogP contribution is 2.38. The first-order chi connectivity index (χ1) is 13.3. The number of benzene rings is 2. The van der Waals surface area contributed by atoms with E-state index in [-0.39, 0.29) is 18.4 Å². The summed E-state index contributed by atoms with van der Waals surface area (Å²) in [5.41, 5.74) is 2.62. The van der Waals surface area contributed by atoms with E-state index in [1.54, 1.807) is 13.8 Å². The van der Waals surface area contributed by atoms with Crippen LogP contribution in [0.2, 0.25) is 0 Å². The molecule has 0 saturated carbocycles. The second-order valence-electron chi connectivity index (χ2n) is 7.82. The molecule has 2 amide bonds. The van der Waals surface area contributed by atoms with Gasteiger partial charge in [-0.1, -0.05) is 31.5 Å². The zero-order valence-corrected chi connectivity index (χ0v) is 17.0. The second-order valence-corrected chi connectivity index (χ2v) is 7.82. The molecule has 0 radical (unpaired) electrons. The number of unbranched alkanes of at least 4 members (excludes halogenated alkanes) is 1. The van der Waals surface area contributed by atoms with Crippen LogP contribution in [0.4, 0.5) is 11.4 Å². The molecular formula is C23H28N2O3. The molecule has 2 aromatic rings. The first-order valence-electron chi connectivity index (χ1n) is 9.80. The fourth-order valence-corrected chi connectivity index (χ4v) is 3.31. The van der Waals surface area contributed by atoms with E-state index in [1.807, 2.05) is 49.4 Å². The fraction of sp³-hybridized carbons (Fsp3) is 0.391. The second kappa shape index (κ2) is 8.05. The van der Waals surface area contributed by atoms with Gasteiger partial charge in [-0.25, -0.2) is 0 Å². The van der Waals surface area contributed by atoms with E-state index in [0.717, 1.165) is 30.5 Å². The minimum Gasteiger partial charge on any atom is -0.476 e. The Morgan fingerprint density at radius 1 is 1.14 bits per heavy atom. The first kappa shape index (κ1) is 19.9. The van der Waals surface area contributed by atoms with Crippen LogP contribution in [-0.4, -0.2) is 24.0 Å². The van der Waals surface area contributed by atoms with E-state index < -0.39 is 5.60 Å². The van der Waals surface area contributed by atoms with E-state index in [4.69, 9.17) is 4.74 Å². The molecule has 0 bridgehead atoms. The number of aryl methyl sites for hydroxylation is 2. The molecule has 1 aliphatic heterocycles. The van der Waals surface area contributed by atoms with E-state index in [2.05, 4.69) is 12.2 Å². The van der Waals surface area contributed by atoms with Crippen LogP contribution in [0.15, 0.2) is 42.5 Å². The minimum absolute atomic E-state index is 0.0559. The molecule has 0 saturated heterocycles. The number of nitrogens with one attached hydrogen (secondary N) is 1. The maximum Gasteiger partial charge on any atom is 0.271 e. The van der Waals surface area contributed by atoms with E-state index in [0.29, 0.717) is 11.4 Å². The van der Waals surface area contributed by atoms with Gasteiger partial charge in [-0.05, 0) is 69.0 Å². The van der Waals surface area contributed by atoms with Crippen molar-refractivity contribution in [3.05, 3.63) is 53.6 Å². The monoisotopic (exact) mass is 380 g/mol. The third kappa shape index (κ3) is 4.35. The lowest BCUT2D eigenvalue weighted by molar-refractivity contribution is -0.133. The van der Waals surface area contributed by atoms with Gasteiger partial charge in [0.05, 0.1) is 5.69 Å². The molecule has 0 aliphatic carbocycles. The lowest BCUT2D eigenvalue weighted by Gasteiger charge is -2.38. The quantitative estimate of drug-likeness (QED) is 0.804. The van der Waals surface area contributed by atoms with Gasteiger partial charge < -0.3 is 10.1 Å². The van der Waals surface area contributed by atoms with Gasteiger partial charge in [0, 0.05) is 5.69 Å². The number of carbonyl (C=O) groups excluding carboxylic acids is 2.